The Kier molecular flexibility index (Phi) is 5.43. The summed E-state index contributed by atoms with van der Waals surface area (Å²) in [5.41, 5.74) is 2.22. The zero-order valence-electron chi connectivity index (χ0n) is 13.7. The number of hydrogen-bond acceptors (Lipinski definition) is 1. The third-order valence-electron chi connectivity index (χ3n) is 6.57. The largest absolute Gasteiger partial charge is 0.180 e. The van der Waals surface area contributed by atoms with Gasteiger partial charge in [-0.05, 0) is 64.2 Å². The van der Waals surface area contributed by atoms with Crippen molar-refractivity contribution in [3.8, 4) is 0 Å². The molecule has 0 unspecified atom stereocenters. The first-order chi connectivity index (χ1) is 9.82. The van der Waals surface area contributed by atoms with Gasteiger partial charge >= 0.3 is 0 Å². The molecule has 0 atom stereocenters. The molecule has 116 valence electrons. The predicted octanol–water partition coefficient (Wildman–Crippen LogP) is 5.70. The molecule has 3 fully saturated rings. The van der Waals surface area contributed by atoms with Gasteiger partial charge in [0.25, 0.3) is 0 Å². The Morgan fingerprint density at radius 1 is 0.600 bits per heavy atom. The molecule has 2 saturated carbocycles. The van der Waals surface area contributed by atoms with Crippen LogP contribution in [0.3, 0.4) is 0 Å². The average molecular weight is 296 g/mol. The van der Waals surface area contributed by atoms with E-state index >= 15 is 0 Å². The molecule has 0 aromatic heterocycles. The fourth-order valence-corrected chi connectivity index (χ4v) is 10.8. The van der Waals surface area contributed by atoms with Crippen LogP contribution in [0.15, 0.2) is 0 Å². The zero-order chi connectivity index (χ0) is 13.8. The number of nitrogens with zero attached hydrogens (tertiary/aromatic N) is 1. The van der Waals surface area contributed by atoms with E-state index in [4.69, 9.17) is 0 Å². The molecule has 3 rings (SSSR count). The lowest BCUT2D eigenvalue weighted by molar-refractivity contribution is 0.342. The minimum absolute atomic E-state index is 0.862. The molecule has 2 aliphatic carbocycles. The van der Waals surface area contributed by atoms with E-state index in [9.17, 15) is 0 Å². The number of hydrogen-bond donors (Lipinski definition) is 0. The van der Waals surface area contributed by atoms with Gasteiger partial charge in [-0.25, -0.2) is 0 Å². The fraction of sp³-hybridized carbons (Fsp3) is 1.00. The van der Waals surface area contributed by atoms with Gasteiger partial charge in [0.05, 0.1) is 25.4 Å². The van der Waals surface area contributed by atoms with Gasteiger partial charge in [-0.2, -0.15) is 4.67 Å². The monoisotopic (exact) mass is 296 g/mol. The molecule has 0 spiro atoms. The Balaban J connectivity index is 1.79. The van der Waals surface area contributed by atoms with Gasteiger partial charge in [-0.15, -0.1) is 0 Å². The van der Waals surface area contributed by atoms with Gasteiger partial charge in [0.2, 0.25) is 0 Å². The van der Waals surface area contributed by atoms with Crippen molar-refractivity contribution in [3.05, 3.63) is 0 Å². The molecule has 0 radical (unpaired) electrons. The first-order valence-electron chi connectivity index (χ1n) is 9.43. The maximum Gasteiger partial charge on any atom is 0.0860 e. The van der Waals surface area contributed by atoms with Gasteiger partial charge < -0.3 is 0 Å². The van der Waals surface area contributed by atoms with E-state index in [2.05, 4.69) is 11.3 Å². The van der Waals surface area contributed by atoms with Gasteiger partial charge in [-0.3, -0.25) is 0 Å². The van der Waals surface area contributed by atoms with Crippen LogP contribution in [-0.2, 0) is 0 Å². The highest BCUT2D eigenvalue weighted by molar-refractivity contribution is 7.74. The van der Waals surface area contributed by atoms with Crippen LogP contribution in [0.2, 0.25) is 0 Å². The van der Waals surface area contributed by atoms with E-state index in [0.29, 0.717) is 0 Å². The van der Waals surface area contributed by atoms with Crippen molar-refractivity contribution in [2.75, 3.05) is 19.8 Å². The molecule has 20 heavy (non-hydrogen) atoms. The summed E-state index contributed by atoms with van der Waals surface area (Å²) < 4.78 is 3.07. The molecule has 0 amide bonds. The highest BCUT2D eigenvalue weighted by Crippen LogP contribution is 2.72. The topological polar surface area (TPSA) is 3.24 Å². The standard InChI is InChI=1S/C18H35NP/c1-20(17-11-5-2-6-12-17,18-13-7-3-8-14-18)19-15-9-4-10-16-19/h17-18H,2-16H2,1H3/q+1. The summed E-state index contributed by atoms with van der Waals surface area (Å²) in [5, 5.41) is 0. The van der Waals surface area contributed by atoms with E-state index < -0.39 is 7.41 Å². The van der Waals surface area contributed by atoms with Crippen LogP contribution in [0.1, 0.15) is 83.5 Å². The number of rotatable bonds is 3. The van der Waals surface area contributed by atoms with Crippen LogP contribution in [0.5, 0.6) is 0 Å². The van der Waals surface area contributed by atoms with Crippen molar-refractivity contribution < 1.29 is 0 Å². The van der Waals surface area contributed by atoms with Crippen molar-refractivity contribution in [1.29, 1.82) is 0 Å². The molecule has 1 nitrogen and oxygen atoms in total. The lowest BCUT2D eigenvalue weighted by Gasteiger charge is -2.47. The normalized spacial score (nSPS) is 28.6. The second-order valence-corrected chi connectivity index (χ2v) is 11.9. The quantitative estimate of drug-likeness (QED) is 0.604. The Labute approximate surface area is 127 Å². The lowest BCUT2D eigenvalue weighted by Crippen LogP contribution is -2.41. The summed E-state index contributed by atoms with van der Waals surface area (Å²) in [6.07, 6.45) is 19.9. The molecule has 0 aromatic carbocycles. The number of piperidine rings is 1. The predicted molar refractivity (Wildman–Crippen MR) is 92.0 cm³/mol. The first kappa shape index (κ1) is 15.3. The average Bonchev–Trinajstić information content (AvgIpc) is 2.56. The third-order valence-corrected chi connectivity index (χ3v) is 12.2. The molecule has 3 aliphatic rings. The minimum atomic E-state index is -0.862. The first-order valence-corrected chi connectivity index (χ1v) is 11.8. The van der Waals surface area contributed by atoms with Crippen molar-refractivity contribution in [2.24, 2.45) is 0 Å². The molecule has 0 bridgehead atoms. The summed E-state index contributed by atoms with van der Waals surface area (Å²) >= 11 is 0. The van der Waals surface area contributed by atoms with E-state index in [-0.39, 0.29) is 0 Å². The van der Waals surface area contributed by atoms with E-state index in [1.54, 1.807) is 25.7 Å². The summed E-state index contributed by atoms with van der Waals surface area (Å²) in [4.78, 5) is 0. The third kappa shape index (κ3) is 3.09. The summed E-state index contributed by atoms with van der Waals surface area (Å²) in [7, 11) is -0.862. The van der Waals surface area contributed by atoms with Crippen LogP contribution < -0.4 is 0 Å². The van der Waals surface area contributed by atoms with E-state index in [1.807, 2.05) is 0 Å². The lowest BCUT2D eigenvalue weighted by atomic mass is 9.99. The maximum atomic E-state index is 3.07. The SMILES string of the molecule is C[P+](C1CCCCC1)(C1CCCCC1)N1CCCCC1. The highest BCUT2D eigenvalue weighted by atomic mass is 31.2. The molecule has 1 aliphatic heterocycles. The minimum Gasteiger partial charge on any atom is -0.180 e. The summed E-state index contributed by atoms with van der Waals surface area (Å²) in [6, 6.07) is 0. The molecule has 1 saturated heterocycles. The molecular formula is C18H35NP+. The van der Waals surface area contributed by atoms with E-state index in [1.165, 1.54) is 70.9 Å². The van der Waals surface area contributed by atoms with Crippen LogP contribution in [-0.4, -0.2) is 35.7 Å². The van der Waals surface area contributed by atoms with Gasteiger partial charge in [0, 0.05) is 13.1 Å². The smallest absolute Gasteiger partial charge is 0.0860 e. The second-order valence-electron chi connectivity index (χ2n) is 7.69. The Morgan fingerprint density at radius 2 is 1.00 bits per heavy atom. The van der Waals surface area contributed by atoms with Gasteiger partial charge in [0.15, 0.2) is 0 Å². The Morgan fingerprint density at radius 3 is 1.45 bits per heavy atom. The van der Waals surface area contributed by atoms with Crippen molar-refractivity contribution in [3.63, 3.8) is 0 Å². The maximum absolute atomic E-state index is 3.07. The van der Waals surface area contributed by atoms with Crippen molar-refractivity contribution >= 4 is 7.41 Å². The van der Waals surface area contributed by atoms with E-state index in [0.717, 1.165) is 11.3 Å². The summed E-state index contributed by atoms with van der Waals surface area (Å²) in [5.74, 6) is 0. The molecular weight excluding hydrogens is 261 g/mol. The van der Waals surface area contributed by atoms with Crippen LogP contribution >= 0.6 is 7.41 Å². The highest BCUT2D eigenvalue weighted by Gasteiger charge is 2.53. The molecule has 1 heterocycles. The summed E-state index contributed by atoms with van der Waals surface area (Å²) in [6.45, 7) is 5.68. The van der Waals surface area contributed by atoms with Crippen LogP contribution in [0, 0.1) is 0 Å². The Bertz CT molecular complexity index is 240. The van der Waals surface area contributed by atoms with Crippen molar-refractivity contribution in [1.82, 2.24) is 4.67 Å². The van der Waals surface area contributed by atoms with Crippen LogP contribution in [0.25, 0.3) is 0 Å². The van der Waals surface area contributed by atoms with Gasteiger partial charge in [-0.1, -0.05) is 19.3 Å². The molecule has 0 N–H and O–H groups in total. The Hall–Kier alpha value is 0.390. The van der Waals surface area contributed by atoms with Gasteiger partial charge in [0.1, 0.15) is 0 Å². The van der Waals surface area contributed by atoms with Crippen LogP contribution in [0.4, 0.5) is 0 Å². The molecule has 2 heteroatoms. The van der Waals surface area contributed by atoms with Crippen molar-refractivity contribution in [2.45, 2.75) is 94.8 Å². The zero-order valence-corrected chi connectivity index (χ0v) is 14.6. The second kappa shape index (κ2) is 7.10. The fourth-order valence-electron chi connectivity index (χ4n) is 5.28. The molecule has 0 aromatic rings.